The van der Waals surface area contributed by atoms with Crippen molar-refractivity contribution in [2.24, 2.45) is 0 Å². The fourth-order valence-corrected chi connectivity index (χ4v) is 2.79. The summed E-state index contributed by atoms with van der Waals surface area (Å²) in [5.41, 5.74) is 0. The minimum Gasteiger partial charge on any atom is -0.480 e. The second-order valence-electron chi connectivity index (χ2n) is 3.62. The molecule has 1 rings (SSSR count). The molecule has 16 heavy (non-hydrogen) atoms. The summed E-state index contributed by atoms with van der Waals surface area (Å²) in [6, 6.07) is -1.30. The van der Waals surface area contributed by atoms with Crippen LogP contribution in [-0.4, -0.2) is 55.3 Å². The molecule has 0 aromatic heterocycles. The zero-order valence-electron chi connectivity index (χ0n) is 8.43. The van der Waals surface area contributed by atoms with Crippen LogP contribution in [0.25, 0.3) is 0 Å². The van der Waals surface area contributed by atoms with E-state index in [1.165, 1.54) is 0 Å². The molecule has 0 radical (unpaired) electrons. The van der Waals surface area contributed by atoms with Crippen LogP contribution in [0.1, 0.15) is 6.42 Å². The van der Waals surface area contributed by atoms with Crippen molar-refractivity contribution in [3.8, 4) is 0 Å². The molecule has 0 saturated carbocycles. The first-order valence-electron chi connectivity index (χ1n) is 4.63. The molecule has 2 unspecified atom stereocenters. The van der Waals surface area contributed by atoms with Crippen molar-refractivity contribution in [3.05, 3.63) is 12.7 Å². The van der Waals surface area contributed by atoms with Gasteiger partial charge in [0.2, 0.25) is 0 Å². The van der Waals surface area contributed by atoms with E-state index in [9.17, 15) is 14.5 Å². The molecule has 1 saturated heterocycles. The number of carbonyl (C=O) groups is 1. The van der Waals surface area contributed by atoms with Crippen LogP contribution in [0.5, 0.6) is 0 Å². The maximum absolute atomic E-state index is 11.1. The van der Waals surface area contributed by atoms with E-state index in [1.807, 2.05) is 0 Å². The number of aliphatic hydroxyl groups excluding tert-OH is 1. The molecular formula is C8H14NO6P. The Morgan fingerprint density at radius 1 is 1.56 bits per heavy atom. The quantitative estimate of drug-likeness (QED) is 0.381. The van der Waals surface area contributed by atoms with Crippen LogP contribution in [0.4, 0.5) is 0 Å². The zero-order chi connectivity index (χ0) is 12.5. The van der Waals surface area contributed by atoms with Gasteiger partial charge in [-0.15, -0.1) is 6.58 Å². The Bertz CT molecular complexity index is 339. The van der Waals surface area contributed by atoms with Crippen LogP contribution >= 0.6 is 7.60 Å². The van der Waals surface area contributed by atoms with Crippen LogP contribution in [0.3, 0.4) is 0 Å². The summed E-state index contributed by atoms with van der Waals surface area (Å²) in [5.74, 6) is -2.67. The first kappa shape index (κ1) is 13.3. The topological polar surface area (TPSA) is 118 Å². The maximum Gasteiger partial charge on any atom is 0.346 e. The lowest BCUT2D eigenvalue weighted by Crippen LogP contribution is -2.46. The minimum absolute atomic E-state index is 0.111. The number of carboxylic acids is 1. The third-order valence-corrected chi connectivity index (χ3v) is 3.75. The summed E-state index contributed by atoms with van der Waals surface area (Å²) in [4.78, 5) is 30.0. The molecule has 4 N–H and O–H groups in total. The van der Waals surface area contributed by atoms with E-state index in [0.717, 1.165) is 11.0 Å². The van der Waals surface area contributed by atoms with E-state index in [0.29, 0.717) is 0 Å². The molecule has 0 aromatic rings. The van der Waals surface area contributed by atoms with Crippen molar-refractivity contribution < 1.29 is 29.4 Å². The van der Waals surface area contributed by atoms with Crippen LogP contribution in [0, 0.1) is 0 Å². The highest BCUT2D eigenvalue weighted by molar-refractivity contribution is 7.52. The molecule has 1 heterocycles. The molecule has 0 amide bonds. The SMILES string of the molecule is C=CC(N1CCC(O)[C@H]1C(=O)O)P(=O)(O)O. The minimum atomic E-state index is -4.50. The summed E-state index contributed by atoms with van der Waals surface area (Å²) >= 11 is 0. The van der Waals surface area contributed by atoms with Gasteiger partial charge in [0.25, 0.3) is 0 Å². The Labute approximate surface area is 92.2 Å². The van der Waals surface area contributed by atoms with Gasteiger partial charge in [-0.2, -0.15) is 0 Å². The third-order valence-electron chi connectivity index (χ3n) is 2.55. The highest BCUT2D eigenvalue weighted by Crippen LogP contribution is 2.45. The van der Waals surface area contributed by atoms with Gasteiger partial charge in [-0.05, 0) is 6.42 Å². The predicted molar refractivity (Wildman–Crippen MR) is 54.8 cm³/mol. The predicted octanol–water partition coefficient (Wildman–Crippen LogP) is -0.804. The standard InChI is InChI=1S/C8H14NO6P/c1-2-6(16(13,14)15)9-4-3-5(10)7(9)8(11)12/h2,5-7,10H,1,3-4H2,(H,11,12)(H2,13,14,15)/t5?,6?,7-/m0/s1. The van der Waals surface area contributed by atoms with Crippen LogP contribution in [0.15, 0.2) is 12.7 Å². The maximum atomic E-state index is 11.1. The van der Waals surface area contributed by atoms with Crippen molar-refractivity contribution in [1.29, 1.82) is 0 Å². The van der Waals surface area contributed by atoms with Crippen LogP contribution in [0.2, 0.25) is 0 Å². The largest absolute Gasteiger partial charge is 0.480 e. The number of hydrogen-bond acceptors (Lipinski definition) is 4. The first-order valence-corrected chi connectivity index (χ1v) is 6.31. The molecule has 1 aliphatic rings. The summed E-state index contributed by atoms with van der Waals surface area (Å²) in [6.07, 6.45) is 0.0577. The van der Waals surface area contributed by atoms with Crippen LogP contribution < -0.4 is 0 Å². The fraction of sp³-hybridized carbons (Fsp3) is 0.625. The van der Waals surface area contributed by atoms with Gasteiger partial charge < -0.3 is 20.0 Å². The summed E-state index contributed by atoms with van der Waals surface area (Å²) < 4.78 is 11.1. The molecule has 0 bridgehead atoms. The van der Waals surface area contributed by atoms with E-state index in [-0.39, 0.29) is 13.0 Å². The fourth-order valence-electron chi connectivity index (χ4n) is 1.87. The van der Waals surface area contributed by atoms with Crippen molar-refractivity contribution in [2.75, 3.05) is 6.54 Å². The Morgan fingerprint density at radius 2 is 2.12 bits per heavy atom. The van der Waals surface area contributed by atoms with Crippen molar-refractivity contribution in [3.63, 3.8) is 0 Å². The number of likely N-dealkylation sites (tertiary alicyclic amines) is 1. The lowest BCUT2D eigenvalue weighted by molar-refractivity contribution is -0.145. The van der Waals surface area contributed by atoms with E-state index in [2.05, 4.69) is 6.58 Å². The van der Waals surface area contributed by atoms with Gasteiger partial charge in [0.05, 0.1) is 6.10 Å². The number of aliphatic hydroxyl groups is 1. The third kappa shape index (κ3) is 2.50. The number of nitrogens with zero attached hydrogens (tertiary/aromatic N) is 1. The Kier molecular flexibility index (Phi) is 3.88. The molecule has 8 heteroatoms. The number of hydrogen-bond donors (Lipinski definition) is 4. The summed E-state index contributed by atoms with van der Waals surface area (Å²) in [7, 11) is -4.50. The lowest BCUT2D eigenvalue weighted by Gasteiger charge is -2.29. The number of rotatable bonds is 4. The molecule has 92 valence electrons. The van der Waals surface area contributed by atoms with E-state index < -0.39 is 31.5 Å². The molecule has 1 fully saturated rings. The molecule has 0 spiro atoms. The molecular weight excluding hydrogens is 237 g/mol. The number of carboxylic acid groups (broad SMARTS) is 1. The summed E-state index contributed by atoms with van der Waals surface area (Å²) in [6.45, 7) is 3.39. The Morgan fingerprint density at radius 3 is 2.50 bits per heavy atom. The molecule has 7 nitrogen and oxygen atoms in total. The first-order chi connectivity index (χ1) is 7.29. The average molecular weight is 251 g/mol. The van der Waals surface area contributed by atoms with E-state index >= 15 is 0 Å². The van der Waals surface area contributed by atoms with E-state index in [4.69, 9.17) is 14.9 Å². The number of aliphatic carboxylic acids is 1. The van der Waals surface area contributed by atoms with Gasteiger partial charge >= 0.3 is 13.6 Å². The van der Waals surface area contributed by atoms with Gasteiger partial charge in [-0.1, -0.05) is 6.08 Å². The van der Waals surface area contributed by atoms with Gasteiger partial charge in [0.1, 0.15) is 11.8 Å². The van der Waals surface area contributed by atoms with Gasteiger partial charge in [0.15, 0.2) is 0 Å². The van der Waals surface area contributed by atoms with Crippen LogP contribution in [-0.2, 0) is 9.36 Å². The lowest BCUT2D eigenvalue weighted by atomic mass is 10.2. The van der Waals surface area contributed by atoms with Gasteiger partial charge in [0, 0.05) is 6.54 Å². The average Bonchev–Trinajstić information content (AvgIpc) is 2.46. The Balaban J connectivity index is 2.98. The molecule has 3 atom stereocenters. The van der Waals surface area contributed by atoms with Gasteiger partial charge in [-0.3, -0.25) is 14.3 Å². The van der Waals surface area contributed by atoms with Crippen molar-refractivity contribution in [2.45, 2.75) is 24.3 Å². The zero-order valence-corrected chi connectivity index (χ0v) is 9.32. The van der Waals surface area contributed by atoms with Gasteiger partial charge in [-0.25, -0.2) is 0 Å². The normalized spacial score (nSPS) is 28.9. The molecule has 0 aliphatic carbocycles. The highest BCUT2D eigenvalue weighted by atomic mass is 31.2. The Hall–Kier alpha value is -0.720. The van der Waals surface area contributed by atoms with Crippen molar-refractivity contribution in [1.82, 2.24) is 4.90 Å². The van der Waals surface area contributed by atoms with E-state index in [1.54, 1.807) is 0 Å². The summed E-state index contributed by atoms with van der Waals surface area (Å²) in [5, 5.41) is 18.3. The smallest absolute Gasteiger partial charge is 0.346 e. The molecule has 1 aliphatic heterocycles. The molecule has 0 aromatic carbocycles. The highest BCUT2D eigenvalue weighted by Gasteiger charge is 2.46. The second-order valence-corrected chi connectivity index (χ2v) is 5.32. The van der Waals surface area contributed by atoms with Crippen molar-refractivity contribution >= 4 is 13.6 Å². The second kappa shape index (κ2) is 4.65. The monoisotopic (exact) mass is 251 g/mol.